The third kappa shape index (κ3) is 1.68. The van der Waals surface area contributed by atoms with Gasteiger partial charge in [0.1, 0.15) is 11.4 Å². The minimum absolute atomic E-state index is 0.0782. The lowest BCUT2D eigenvalue weighted by atomic mass is 9.70. The molecule has 0 aromatic heterocycles. The first-order valence-electron chi connectivity index (χ1n) is 6.57. The van der Waals surface area contributed by atoms with Gasteiger partial charge in [0.25, 0.3) is 0 Å². The molecule has 5 atom stereocenters. The molecule has 4 nitrogen and oxygen atoms in total. The van der Waals surface area contributed by atoms with E-state index in [9.17, 15) is 9.90 Å². The van der Waals surface area contributed by atoms with Crippen molar-refractivity contribution in [3.8, 4) is 0 Å². The molecule has 1 aliphatic carbocycles. The molecule has 102 valence electrons. The summed E-state index contributed by atoms with van der Waals surface area (Å²) in [7, 11) is 0. The van der Waals surface area contributed by atoms with Gasteiger partial charge in [0.15, 0.2) is 12.1 Å². The number of carbonyl (C=O) groups excluding carboxylic acids is 1. The smallest absolute Gasteiger partial charge is 0.198 e. The van der Waals surface area contributed by atoms with Crippen molar-refractivity contribution in [2.45, 2.75) is 56.5 Å². The molecule has 0 unspecified atom stereocenters. The second-order valence-corrected chi connectivity index (χ2v) is 7.73. The molecule has 3 aliphatic rings. The Morgan fingerprint density at radius 1 is 1.50 bits per heavy atom. The average Bonchev–Trinajstić information content (AvgIpc) is 2.40. The lowest BCUT2D eigenvalue weighted by Gasteiger charge is -2.45. The van der Waals surface area contributed by atoms with Crippen LogP contribution in [-0.2, 0) is 14.3 Å². The van der Waals surface area contributed by atoms with Crippen molar-refractivity contribution in [3.05, 3.63) is 0 Å². The Hall–Kier alpha value is -0.100. The zero-order chi connectivity index (χ0) is 13.1. The third-order valence-corrected chi connectivity index (χ3v) is 5.67. The van der Waals surface area contributed by atoms with E-state index in [1.165, 1.54) is 0 Å². The number of ether oxygens (including phenoxy) is 2. The van der Waals surface area contributed by atoms with Gasteiger partial charge in [0.05, 0.1) is 0 Å². The molecule has 3 rings (SSSR count). The van der Waals surface area contributed by atoms with Crippen molar-refractivity contribution < 1.29 is 19.4 Å². The third-order valence-electron chi connectivity index (χ3n) is 4.42. The topological polar surface area (TPSA) is 55.8 Å². The molecule has 0 spiro atoms. The van der Waals surface area contributed by atoms with Gasteiger partial charge in [-0.1, -0.05) is 13.8 Å². The molecular formula is C13H20O4S. The summed E-state index contributed by atoms with van der Waals surface area (Å²) in [6, 6.07) is 0. The standard InChI is InChI=1S/C13H20O4S/c1-7(2)18-6-9-8-4-13(15)12(3,5-10(8)14)16-11(9)17-13/h7-9,11,15H,4-6H2,1-3H3/t8-,9+,11+,12+,13-/m1/s1. The van der Waals surface area contributed by atoms with E-state index in [2.05, 4.69) is 13.8 Å². The Kier molecular flexibility index (Phi) is 2.83. The van der Waals surface area contributed by atoms with Crippen LogP contribution in [0, 0.1) is 11.8 Å². The Morgan fingerprint density at radius 3 is 2.89 bits per heavy atom. The highest BCUT2D eigenvalue weighted by molar-refractivity contribution is 7.99. The van der Waals surface area contributed by atoms with Crippen molar-refractivity contribution in [2.24, 2.45) is 11.8 Å². The average molecular weight is 272 g/mol. The number of fused-ring (bicyclic) bond motifs is 2. The molecule has 0 aromatic rings. The minimum atomic E-state index is -1.25. The van der Waals surface area contributed by atoms with Crippen LogP contribution in [0.3, 0.4) is 0 Å². The molecule has 1 N–H and O–H groups in total. The van der Waals surface area contributed by atoms with Crippen LogP contribution in [0.25, 0.3) is 0 Å². The van der Waals surface area contributed by atoms with Crippen LogP contribution >= 0.6 is 11.8 Å². The number of thioether (sulfide) groups is 1. The van der Waals surface area contributed by atoms with Gasteiger partial charge >= 0.3 is 0 Å². The van der Waals surface area contributed by atoms with Gasteiger partial charge < -0.3 is 14.6 Å². The number of hydrogen-bond acceptors (Lipinski definition) is 5. The number of ketones is 1. The lowest BCUT2D eigenvalue weighted by Crippen LogP contribution is -2.59. The predicted molar refractivity (Wildman–Crippen MR) is 68.1 cm³/mol. The second kappa shape index (κ2) is 3.95. The Bertz CT molecular complexity index is 385. The summed E-state index contributed by atoms with van der Waals surface area (Å²) in [6.45, 7) is 6.07. The summed E-state index contributed by atoms with van der Waals surface area (Å²) in [4.78, 5) is 12.2. The largest absolute Gasteiger partial charge is 0.363 e. The van der Waals surface area contributed by atoms with Crippen molar-refractivity contribution in [1.82, 2.24) is 0 Å². The highest BCUT2D eigenvalue weighted by atomic mass is 32.2. The number of hydrogen-bond donors (Lipinski definition) is 1. The van der Waals surface area contributed by atoms with Crippen LogP contribution in [0.2, 0.25) is 0 Å². The molecule has 0 radical (unpaired) electrons. The molecule has 2 heterocycles. The van der Waals surface area contributed by atoms with E-state index in [0.29, 0.717) is 11.7 Å². The fourth-order valence-corrected chi connectivity index (χ4v) is 4.26. The highest BCUT2D eigenvalue weighted by Gasteiger charge is 2.69. The molecular weight excluding hydrogens is 252 g/mol. The summed E-state index contributed by atoms with van der Waals surface area (Å²) < 4.78 is 11.6. The van der Waals surface area contributed by atoms with Crippen molar-refractivity contribution in [1.29, 1.82) is 0 Å². The molecule has 0 aromatic carbocycles. The molecule has 3 bridgehead atoms. The Morgan fingerprint density at radius 2 is 2.22 bits per heavy atom. The van der Waals surface area contributed by atoms with Crippen LogP contribution in [-0.4, -0.2) is 39.6 Å². The first kappa shape index (κ1) is 12.9. The van der Waals surface area contributed by atoms with Crippen LogP contribution < -0.4 is 0 Å². The fraction of sp³-hybridized carbons (Fsp3) is 0.923. The normalized spacial score (nSPS) is 50.3. The summed E-state index contributed by atoms with van der Waals surface area (Å²) in [5.41, 5.74) is -0.845. The van der Waals surface area contributed by atoms with E-state index < -0.39 is 17.7 Å². The molecule has 5 heteroatoms. The van der Waals surface area contributed by atoms with Crippen LogP contribution in [0.4, 0.5) is 0 Å². The van der Waals surface area contributed by atoms with E-state index >= 15 is 0 Å². The summed E-state index contributed by atoms with van der Waals surface area (Å²) in [5, 5.41) is 11.0. The van der Waals surface area contributed by atoms with Crippen LogP contribution in [0.1, 0.15) is 33.6 Å². The van der Waals surface area contributed by atoms with Crippen LogP contribution in [0.5, 0.6) is 0 Å². The monoisotopic (exact) mass is 272 g/mol. The molecule has 3 fully saturated rings. The molecule has 18 heavy (non-hydrogen) atoms. The number of carbonyl (C=O) groups is 1. The molecule has 1 saturated carbocycles. The van der Waals surface area contributed by atoms with Crippen molar-refractivity contribution in [2.75, 3.05) is 5.75 Å². The second-order valence-electron chi connectivity index (χ2n) is 6.12. The molecule has 2 aliphatic heterocycles. The van der Waals surface area contributed by atoms with Crippen molar-refractivity contribution >= 4 is 17.5 Å². The van der Waals surface area contributed by atoms with E-state index in [0.717, 1.165) is 5.75 Å². The summed E-state index contributed by atoms with van der Waals surface area (Å²) in [5.74, 6) is -0.201. The summed E-state index contributed by atoms with van der Waals surface area (Å²) in [6.07, 6.45) is 0.242. The maximum atomic E-state index is 12.2. The maximum Gasteiger partial charge on any atom is 0.198 e. The molecule has 0 amide bonds. The van der Waals surface area contributed by atoms with Crippen LogP contribution in [0.15, 0.2) is 0 Å². The summed E-state index contributed by atoms with van der Waals surface area (Å²) >= 11 is 1.82. The van der Waals surface area contributed by atoms with Gasteiger partial charge in [-0.25, -0.2) is 0 Å². The van der Waals surface area contributed by atoms with Gasteiger partial charge in [0, 0.05) is 30.4 Å². The highest BCUT2D eigenvalue weighted by Crippen LogP contribution is 2.56. The molecule has 2 saturated heterocycles. The SMILES string of the molecule is CC(C)SC[C@@H]1[C@@H]2O[C@]3(O)C[C@H]1C(=O)C[C@]3(C)O2. The van der Waals surface area contributed by atoms with Crippen molar-refractivity contribution in [3.63, 3.8) is 0 Å². The number of rotatable bonds is 3. The lowest BCUT2D eigenvalue weighted by molar-refractivity contribution is -0.266. The van der Waals surface area contributed by atoms with E-state index in [1.54, 1.807) is 6.92 Å². The first-order chi connectivity index (χ1) is 8.35. The van der Waals surface area contributed by atoms with Gasteiger partial charge in [-0.3, -0.25) is 4.79 Å². The fourth-order valence-electron chi connectivity index (χ4n) is 3.26. The quantitative estimate of drug-likeness (QED) is 0.845. The Labute approximate surface area is 111 Å². The first-order valence-corrected chi connectivity index (χ1v) is 7.62. The minimum Gasteiger partial charge on any atom is -0.363 e. The van der Waals surface area contributed by atoms with E-state index in [-0.39, 0.29) is 24.0 Å². The zero-order valence-electron chi connectivity index (χ0n) is 11.0. The van der Waals surface area contributed by atoms with Gasteiger partial charge in [-0.15, -0.1) is 0 Å². The maximum absolute atomic E-state index is 12.2. The van der Waals surface area contributed by atoms with Gasteiger partial charge in [-0.05, 0) is 12.2 Å². The van der Waals surface area contributed by atoms with E-state index in [4.69, 9.17) is 9.47 Å². The number of Topliss-reactive ketones (excluding diaryl/α,β-unsaturated/α-hetero) is 1. The number of aliphatic hydroxyl groups is 1. The van der Waals surface area contributed by atoms with Gasteiger partial charge in [-0.2, -0.15) is 11.8 Å². The van der Waals surface area contributed by atoms with E-state index in [1.807, 2.05) is 11.8 Å². The Balaban J connectivity index is 1.85. The zero-order valence-corrected chi connectivity index (χ0v) is 11.8. The predicted octanol–water partition coefficient (Wildman–Crippen LogP) is 1.56. The van der Waals surface area contributed by atoms with Gasteiger partial charge in [0.2, 0.25) is 0 Å².